The van der Waals surface area contributed by atoms with Crippen LogP contribution in [0.15, 0.2) is 34.7 Å². The van der Waals surface area contributed by atoms with Crippen LogP contribution in [0.25, 0.3) is 0 Å². The highest BCUT2D eigenvalue weighted by Gasteiger charge is 2.32. The molecule has 0 spiro atoms. The highest BCUT2D eigenvalue weighted by atomic mass is 16.5. The molecule has 1 aromatic heterocycles. The van der Waals surface area contributed by atoms with Gasteiger partial charge in [0.05, 0.1) is 6.54 Å². The zero-order valence-electron chi connectivity index (χ0n) is 17.3. The quantitative estimate of drug-likeness (QED) is 0.694. The fourth-order valence-electron chi connectivity index (χ4n) is 4.35. The number of benzene rings is 1. The monoisotopic (exact) mass is 412 g/mol. The molecule has 2 amide bonds. The van der Waals surface area contributed by atoms with Crippen LogP contribution in [0.2, 0.25) is 0 Å². The van der Waals surface area contributed by atoms with E-state index in [0.717, 1.165) is 18.4 Å². The number of carbonyl (C=O) groups is 2. The number of aromatic nitrogens is 2. The van der Waals surface area contributed by atoms with Crippen LogP contribution in [0, 0.1) is 0 Å². The van der Waals surface area contributed by atoms with Crippen LogP contribution in [0.1, 0.15) is 55.6 Å². The molecule has 4 rings (SSSR count). The van der Waals surface area contributed by atoms with Crippen molar-refractivity contribution in [3.05, 3.63) is 47.7 Å². The molecule has 30 heavy (non-hydrogen) atoms. The summed E-state index contributed by atoms with van der Waals surface area (Å²) in [5.41, 5.74) is 0.921. The molecular weight excluding hydrogens is 384 g/mol. The van der Waals surface area contributed by atoms with Gasteiger partial charge in [0.2, 0.25) is 23.6 Å². The SMILES string of the molecule is CO[C@@H](c1ccccc1)c1nnc(CCC(=O)N2CCN(C3CCCC3)C(=O)C2)o1. The number of ether oxygens (including phenoxy) is 1. The van der Waals surface area contributed by atoms with Crippen LogP contribution in [0.4, 0.5) is 0 Å². The molecule has 1 aromatic carbocycles. The van der Waals surface area contributed by atoms with Gasteiger partial charge in [0.15, 0.2) is 6.10 Å². The second-order valence-corrected chi connectivity index (χ2v) is 7.90. The normalized spacial score (nSPS) is 18.8. The van der Waals surface area contributed by atoms with Crippen molar-refractivity contribution in [2.45, 2.75) is 50.7 Å². The van der Waals surface area contributed by atoms with E-state index >= 15 is 0 Å². The molecule has 0 bridgehead atoms. The smallest absolute Gasteiger partial charge is 0.249 e. The molecule has 8 heteroatoms. The Morgan fingerprint density at radius 2 is 1.97 bits per heavy atom. The number of methoxy groups -OCH3 is 1. The molecular formula is C22H28N4O4. The van der Waals surface area contributed by atoms with Gasteiger partial charge in [-0.25, -0.2) is 0 Å². The second-order valence-electron chi connectivity index (χ2n) is 7.90. The number of piperazine rings is 1. The summed E-state index contributed by atoms with van der Waals surface area (Å²) < 4.78 is 11.2. The predicted octanol–water partition coefficient (Wildman–Crippen LogP) is 2.35. The molecule has 1 saturated carbocycles. The van der Waals surface area contributed by atoms with Crippen molar-refractivity contribution in [1.82, 2.24) is 20.0 Å². The molecule has 0 unspecified atom stereocenters. The first-order valence-corrected chi connectivity index (χ1v) is 10.6. The maximum atomic E-state index is 12.6. The molecule has 2 aliphatic rings. The molecule has 8 nitrogen and oxygen atoms in total. The highest BCUT2D eigenvalue weighted by Crippen LogP contribution is 2.26. The maximum absolute atomic E-state index is 12.6. The van der Waals surface area contributed by atoms with Gasteiger partial charge >= 0.3 is 0 Å². The second kappa shape index (κ2) is 9.38. The van der Waals surface area contributed by atoms with E-state index in [1.165, 1.54) is 12.8 Å². The zero-order valence-corrected chi connectivity index (χ0v) is 17.3. The van der Waals surface area contributed by atoms with Gasteiger partial charge in [-0.2, -0.15) is 0 Å². The van der Waals surface area contributed by atoms with Crippen molar-refractivity contribution >= 4 is 11.8 Å². The van der Waals surface area contributed by atoms with Gasteiger partial charge in [0.1, 0.15) is 0 Å². The van der Waals surface area contributed by atoms with Crippen molar-refractivity contribution in [3.63, 3.8) is 0 Å². The predicted molar refractivity (Wildman–Crippen MR) is 108 cm³/mol. The van der Waals surface area contributed by atoms with Gasteiger partial charge < -0.3 is 19.0 Å². The molecule has 160 valence electrons. The van der Waals surface area contributed by atoms with E-state index in [1.807, 2.05) is 35.2 Å². The number of hydrogen-bond acceptors (Lipinski definition) is 6. The van der Waals surface area contributed by atoms with Crippen molar-refractivity contribution < 1.29 is 18.7 Å². The lowest BCUT2D eigenvalue weighted by atomic mass is 10.1. The van der Waals surface area contributed by atoms with E-state index in [-0.39, 0.29) is 24.8 Å². The summed E-state index contributed by atoms with van der Waals surface area (Å²) in [7, 11) is 1.59. The molecule has 1 atom stereocenters. The molecule has 2 fully saturated rings. The molecule has 1 aliphatic heterocycles. The third-order valence-corrected chi connectivity index (χ3v) is 5.97. The molecule has 2 heterocycles. The number of carbonyl (C=O) groups excluding carboxylic acids is 2. The first kappa shape index (κ1) is 20.5. The maximum Gasteiger partial charge on any atom is 0.249 e. The third kappa shape index (κ3) is 4.53. The Balaban J connectivity index is 1.30. The Morgan fingerprint density at radius 1 is 1.20 bits per heavy atom. The molecule has 0 N–H and O–H groups in total. The topological polar surface area (TPSA) is 88.8 Å². The largest absolute Gasteiger partial charge is 0.422 e. The van der Waals surface area contributed by atoms with E-state index in [1.54, 1.807) is 12.0 Å². The van der Waals surface area contributed by atoms with E-state index in [9.17, 15) is 9.59 Å². The van der Waals surface area contributed by atoms with Crippen LogP contribution in [-0.4, -0.2) is 64.6 Å². The average molecular weight is 412 g/mol. The fourth-order valence-corrected chi connectivity index (χ4v) is 4.35. The first-order valence-electron chi connectivity index (χ1n) is 10.6. The summed E-state index contributed by atoms with van der Waals surface area (Å²) in [5, 5.41) is 8.16. The third-order valence-electron chi connectivity index (χ3n) is 5.97. The summed E-state index contributed by atoms with van der Waals surface area (Å²) in [6.07, 6.45) is 4.70. The average Bonchev–Trinajstić information content (AvgIpc) is 3.46. The van der Waals surface area contributed by atoms with Gasteiger partial charge in [0, 0.05) is 39.1 Å². The lowest BCUT2D eigenvalue weighted by Gasteiger charge is -2.37. The summed E-state index contributed by atoms with van der Waals surface area (Å²) in [6.45, 7) is 1.40. The van der Waals surface area contributed by atoms with Gasteiger partial charge in [-0.1, -0.05) is 43.2 Å². The minimum Gasteiger partial charge on any atom is -0.422 e. The number of hydrogen-bond donors (Lipinski definition) is 0. The van der Waals surface area contributed by atoms with Crippen molar-refractivity contribution in [2.75, 3.05) is 26.7 Å². The van der Waals surface area contributed by atoms with Crippen LogP contribution in [-0.2, 0) is 20.7 Å². The van der Waals surface area contributed by atoms with Crippen molar-refractivity contribution in [1.29, 1.82) is 0 Å². The van der Waals surface area contributed by atoms with Gasteiger partial charge in [0.25, 0.3) is 0 Å². The van der Waals surface area contributed by atoms with Crippen molar-refractivity contribution in [2.24, 2.45) is 0 Å². The van der Waals surface area contributed by atoms with Crippen LogP contribution in [0.3, 0.4) is 0 Å². The van der Waals surface area contributed by atoms with Crippen LogP contribution < -0.4 is 0 Å². The molecule has 1 aliphatic carbocycles. The summed E-state index contributed by atoms with van der Waals surface area (Å²) in [6, 6.07) is 10.0. The Morgan fingerprint density at radius 3 is 2.67 bits per heavy atom. The fraction of sp³-hybridized carbons (Fsp3) is 0.545. The highest BCUT2D eigenvalue weighted by molar-refractivity contribution is 5.86. The van der Waals surface area contributed by atoms with Gasteiger partial charge in [-0.15, -0.1) is 10.2 Å². The number of amides is 2. The Hall–Kier alpha value is -2.74. The van der Waals surface area contributed by atoms with E-state index in [0.29, 0.717) is 37.3 Å². The van der Waals surface area contributed by atoms with Crippen molar-refractivity contribution in [3.8, 4) is 0 Å². The minimum absolute atomic E-state index is 0.0551. The summed E-state index contributed by atoms with van der Waals surface area (Å²) >= 11 is 0. The molecule has 2 aromatic rings. The van der Waals surface area contributed by atoms with E-state index in [4.69, 9.17) is 9.15 Å². The Kier molecular flexibility index (Phi) is 6.42. The minimum atomic E-state index is -0.440. The molecule has 1 saturated heterocycles. The van der Waals surface area contributed by atoms with Crippen LogP contribution >= 0.6 is 0 Å². The number of rotatable bonds is 7. The zero-order chi connectivity index (χ0) is 20.9. The van der Waals surface area contributed by atoms with Crippen LogP contribution in [0.5, 0.6) is 0 Å². The Bertz CT molecular complexity index is 863. The first-order chi connectivity index (χ1) is 14.7. The lowest BCUT2D eigenvalue weighted by molar-refractivity contribution is -0.147. The van der Waals surface area contributed by atoms with E-state index < -0.39 is 6.10 Å². The number of nitrogens with zero attached hydrogens (tertiary/aromatic N) is 4. The van der Waals surface area contributed by atoms with Gasteiger partial charge in [-0.3, -0.25) is 9.59 Å². The molecule has 0 radical (unpaired) electrons. The summed E-state index contributed by atoms with van der Waals surface area (Å²) in [5.74, 6) is 0.770. The number of aryl methyl sites for hydroxylation is 1. The van der Waals surface area contributed by atoms with E-state index in [2.05, 4.69) is 10.2 Å². The Labute approximate surface area is 176 Å². The summed E-state index contributed by atoms with van der Waals surface area (Å²) in [4.78, 5) is 28.7. The lowest BCUT2D eigenvalue weighted by Crippen LogP contribution is -2.54. The van der Waals surface area contributed by atoms with Gasteiger partial charge in [-0.05, 0) is 18.4 Å². The standard InChI is InChI=1S/C22H28N4O4/c1-29-21(16-7-3-2-4-8-16)22-24-23-18(30-22)11-12-19(27)25-13-14-26(20(28)15-25)17-9-5-6-10-17/h2-4,7-8,17,21H,5-6,9-15H2,1H3/t21-/m0/s1.